The van der Waals surface area contributed by atoms with Crippen LogP contribution in [0, 0.1) is 0 Å². The average molecular weight is 420 g/mol. The molecule has 4 amide bonds. The molecule has 2 aliphatic rings. The van der Waals surface area contributed by atoms with Crippen molar-refractivity contribution in [2.75, 3.05) is 13.1 Å². The van der Waals surface area contributed by atoms with E-state index in [1.165, 1.54) is 4.90 Å². The molecule has 2 atom stereocenters. The number of benzene rings is 1. The average Bonchev–Trinajstić information content (AvgIpc) is 3.13. The summed E-state index contributed by atoms with van der Waals surface area (Å²) in [5, 5.41) is 17.3. The molecule has 29 heavy (non-hydrogen) atoms. The molecular weight excluding hydrogens is 402 g/mol. The topological polar surface area (TPSA) is 129 Å². The highest BCUT2D eigenvalue weighted by Crippen LogP contribution is 2.22. The first kappa shape index (κ1) is 19.3. The molecule has 0 saturated carbocycles. The van der Waals surface area contributed by atoms with E-state index in [4.69, 9.17) is 16.1 Å². The van der Waals surface area contributed by atoms with Crippen LogP contribution >= 0.6 is 11.6 Å². The Balaban J connectivity index is 1.42. The van der Waals surface area contributed by atoms with Crippen molar-refractivity contribution >= 4 is 29.4 Å². The third kappa shape index (κ3) is 3.94. The summed E-state index contributed by atoms with van der Waals surface area (Å²) in [5.41, 5.74) is 0.650. The highest BCUT2D eigenvalue weighted by molar-refractivity contribution is 6.30. The summed E-state index contributed by atoms with van der Waals surface area (Å²) in [4.78, 5) is 43.4. The second-order valence-corrected chi connectivity index (χ2v) is 7.28. The molecule has 1 aromatic heterocycles. The highest BCUT2D eigenvalue weighted by Gasteiger charge is 2.44. The monoisotopic (exact) mass is 419 g/mol. The first-order valence-corrected chi connectivity index (χ1v) is 9.44. The Hall–Kier alpha value is -2.98. The number of hydrogen-bond acceptors (Lipinski definition) is 7. The standard InChI is InChI=1S/C18H18ClN5O5/c19-11-3-1-10(2-4-11)13(25)8-14-21-15(29-22-14)9-24-16(26)7-12-17(27)20-5-6-23(12)18(24)28/h1-4,12-13,25H,5-9H2,(H,20,27)/t12-,13-/m0/s1. The number of carbonyl (C=O) groups is 3. The maximum Gasteiger partial charge on any atom is 0.327 e. The number of aliphatic hydroxyl groups excluding tert-OH is 1. The van der Waals surface area contributed by atoms with Crippen LogP contribution in [0.5, 0.6) is 0 Å². The maximum atomic E-state index is 12.6. The fraction of sp³-hybridized carbons (Fsp3) is 0.389. The zero-order chi connectivity index (χ0) is 20.5. The van der Waals surface area contributed by atoms with Gasteiger partial charge in [0.25, 0.3) is 0 Å². The van der Waals surface area contributed by atoms with Crippen LogP contribution in [0.15, 0.2) is 28.8 Å². The van der Waals surface area contributed by atoms with Crippen molar-refractivity contribution in [3.8, 4) is 0 Å². The minimum Gasteiger partial charge on any atom is -0.388 e. The summed E-state index contributed by atoms with van der Waals surface area (Å²) in [6, 6.07) is 5.41. The predicted octanol–water partition coefficient (Wildman–Crippen LogP) is 0.652. The van der Waals surface area contributed by atoms with Gasteiger partial charge in [-0.05, 0) is 17.7 Å². The predicted molar refractivity (Wildman–Crippen MR) is 98.5 cm³/mol. The van der Waals surface area contributed by atoms with Crippen molar-refractivity contribution in [1.29, 1.82) is 0 Å². The summed E-state index contributed by atoms with van der Waals surface area (Å²) >= 11 is 5.84. The Kier molecular flexibility index (Phi) is 5.20. The fourth-order valence-corrected chi connectivity index (χ4v) is 3.51. The van der Waals surface area contributed by atoms with Crippen LogP contribution in [-0.2, 0) is 22.6 Å². The Morgan fingerprint density at radius 2 is 2.03 bits per heavy atom. The fourth-order valence-electron chi connectivity index (χ4n) is 3.39. The van der Waals surface area contributed by atoms with Crippen LogP contribution in [0.3, 0.4) is 0 Å². The summed E-state index contributed by atoms with van der Waals surface area (Å²) in [7, 11) is 0. The van der Waals surface area contributed by atoms with Gasteiger partial charge in [-0.15, -0.1) is 0 Å². The van der Waals surface area contributed by atoms with E-state index in [0.29, 0.717) is 23.7 Å². The Labute approximate surface area is 170 Å². The molecule has 2 fully saturated rings. The van der Waals surface area contributed by atoms with Crippen molar-refractivity contribution in [2.45, 2.75) is 31.5 Å². The van der Waals surface area contributed by atoms with E-state index in [9.17, 15) is 19.5 Å². The number of nitrogens with zero attached hydrogens (tertiary/aromatic N) is 4. The molecule has 4 rings (SSSR count). The number of imide groups is 1. The van der Waals surface area contributed by atoms with Gasteiger partial charge in [0.1, 0.15) is 12.6 Å². The largest absolute Gasteiger partial charge is 0.388 e. The third-order valence-electron chi connectivity index (χ3n) is 4.91. The Bertz CT molecular complexity index is 946. The van der Waals surface area contributed by atoms with Crippen molar-refractivity contribution in [2.24, 2.45) is 0 Å². The van der Waals surface area contributed by atoms with E-state index < -0.39 is 24.1 Å². The molecule has 0 unspecified atom stereocenters. The van der Waals surface area contributed by atoms with Crippen LogP contribution in [-0.4, -0.2) is 62.0 Å². The molecule has 1 aromatic carbocycles. The molecule has 0 spiro atoms. The molecule has 3 heterocycles. The van der Waals surface area contributed by atoms with Crippen molar-refractivity contribution in [3.63, 3.8) is 0 Å². The lowest BCUT2D eigenvalue weighted by molar-refractivity contribution is -0.141. The quantitative estimate of drug-likeness (QED) is 0.727. The van der Waals surface area contributed by atoms with E-state index in [1.807, 2.05) is 0 Å². The summed E-state index contributed by atoms with van der Waals surface area (Å²) in [6.45, 7) is 0.490. The van der Waals surface area contributed by atoms with E-state index in [0.717, 1.165) is 4.90 Å². The molecule has 2 aromatic rings. The summed E-state index contributed by atoms with van der Waals surface area (Å²) < 4.78 is 5.14. The Morgan fingerprint density at radius 3 is 2.79 bits per heavy atom. The zero-order valence-electron chi connectivity index (χ0n) is 15.2. The number of aliphatic hydroxyl groups is 1. The van der Waals surface area contributed by atoms with Crippen LogP contribution in [0.4, 0.5) is 4.79 Å². The SMILES string of the molecule is O=C1NCCN2C(=O)N(Cc3nc(C[C@H](O)c4ccc(Cl)cc4)no3)C(=O)C[C@@H]12. The first-order valence-electron chi connectivity index (χ1n) is 9.06. The van der Waals surface area contributed by atoms with Gasteiger partial charge in [-0.2, -0.15) is 4.98 Å². The minimum absolute atomic E-state index is 0.0740. The molecule has 2 N–H and O–H groups in total. The number of hydrogen-bond donors (Lipinski definition) is 2. The number of nitrogens with one attached hydrogen (secondary N) is 1. The van der Waals surface area contributed by atoms with E-state index in [1.54, 1.807) is 24.3 Å². The molecule has 2 saturated heterocycles. The van der Waals surface area contributed by atoms with Gasteiger partial charge in [0.2, 0.25) is 17.7 Å². The van der Waals surface area contributed by atoms with Crippen molar-refractivity contribution in [1.82, 2.24) is 25.3 Å². The third-order valence-corrected chi connectivity index (χ3v) is 5.16. The minimum atomic E-state index is -0.858. The van der Waals surface area contributed by atoms with Gasteiger partial charge in [0, 0.05) is 24.5 Å². The van der Waals surface area contributed by atoms with Gasteiger partial charge in [-0.1, -0.05) is 28.9 Å². The van der Waals surface area contributed by atoms with Crippen LogP contribution in [0.25, 0.3) is 0 Å². The van der Waals surface area contributed by atoms with Gasteiger partial charge in [0.15, 0.2) is 5.82 Å². The number of carbonyl (C=O) groups excluding carboxylic acids is 3. The van der Waals surface area contributed by atoms with Crippen molar-refractivity contribution < 1.29 is 24.0 Å². The van der Waals surface area contributed by atoms with Gasteiger partial charge < -0.3 is 19.8 Å². The van der Waals surface area contributed by atoms with Crippen LogP contribution < -0.4 is 5.32 Å². The second kappa shape index (κ2) is 7.80. The van der Waals surface area contributed by atoms with Gasteiger partial charge in [0.05, 0.1) is 12.5 Å². The molecule has 0 radical (unpaired) electrons. The normalized spacial score (nSPS) is 20.5. The molecule has 0 aliphatic carbocycles. The number of piperazine rings is 1. The molecule has 10 nitrogen and oxygen atoms in total. The molecular formula is C18H18ClN5O5. The second-order valence-electron chi connectivity index (χ2n) is 6.84. The maximum absolute atomic E-state index is 12.6. The smallest absolute Gasteiger partial charge is 0.327 e. The Morgan fingerprint density at radius 1 is 1.28 bits per heavy atom. The lowest BCUT2D eigenvalue weighted by atomic mass is 10.1. The zero-order valence-corrected chi connectivity index (χ0v) is 16.0. The number of urea groups is 1. The van der Waals surface area contributed by atoms with Crippen molar-refractivity contribution in [3.05, 3.63) is 46.6 Å². The lowest BCUT2D eigenvalue weighted by Crippen LogP contribution is -2.65. The number of halogens is 1. The molecule has 2 aliphatic heterocycles. The first-order chi connectivity index (χ1) is 13.9. The molecule has 0 bridgehead atoms. The van der Waals surface area contributed by atoms with E-state index in [-0.39, 0.29) is 37.0 Å². The van der Waals surface area contributed by atoms with E-state index in [2.05, 4.69) is 15.5 Å². The number of fused-ring (bicyclic) bond motifs is 1. The van der Waals surface area contributed by atoms with Gasteiger partial charge in [-0.3, -0.25) is 14.5 Å². The van der Waals surface area contributed by atoms with E-state index >= 15 is 0 Å². The van der Waals surface area contributed by atoms with Gasteiger partial charge >= 0.3 is 6.03 Å². The summed E-state index contributed by atoms with van der Waals surface area (Å²) in [6.07, 6.45) is -0.849. The number of aromatic nitrogens is 2. The highest BCUT2D eigenvalue weighted by atomic mass is 35.5. The summed E-state index contributed by atoms with van der Waals surface area (Å²) in [5.74, 6) is -0.484. The van der Waals surface area contributed by atoms with Crippen LogP contribution in [0.1, 0.15) is 29.8 Å². The molecule has 11 heteroatoms. The number of amides is 4. The number of rotatable bonds is 5. The lowest BCUT2D eigenvalue weighted by Gasteiger charge is -2.41. The van der Waals surface area contributed by atoms with Crippen LogP contribution in [0.2, 0.25) is 5.02 Å². The van der Waals surface area contributed by atoms with Gasteiger partial charge in [-0.25, -0.2) is 4.79 Å². The molecule has 152 valence electrons.